The van der Waals surface area contributed by atoms with E-state index in [1.165, 1.54) is 11.7 Å². The highest BCUT2D eigenvalue weighted by Gasteiger charge is 2.34. The van der Waals surface area contributed by atoms with Crippen LogP contribution in [0.2, 0.25) is 0 Å². The molecule has 1 saturated carbocycles. The maximum absolute atomic E-state index is 13.2. The number of carbonyl (C=O) groups excluding carboxylic acids is 2. The first-order valence-electron chi connectivity index (χ1n) is 17.1. The monoisotopic (exact) mass is 704 g/mol. The molecular formula is C38H55F3N4O5. The van der Waals surface area contributed by atoms with E-state index in [2.05, 4.69) is 10.2 Å². The van der Waals surface area contributed by atoms with Crippen LogP contribution in [0.1, 0.15) is 94.4 Å². The number of anilines is 1. The fourth-order valence-electron chi connectivity index (χ4n) is 6.22. The maximum Gasteiger partial charge on any atom is 0.419 e. The lowest BCUT2D eigenvalue weighted by Crippen LogP contribution is -2.48. The number of alkyl halides is 3. The highest BCUT2D eigenvalue weighted by Crippen LogP contribution is 2.38. The first-order valence-corrected chi connectivity index (χ1v) is 17.1. The maximum atomic E-state index is 13.2. The van der Waals surface area contributed by atoms with E-state index < -0.39 is 30.3 Å². The second kappa shape index (κ2) is 17.0. The molecule has 9 nitrogen and oxygen atoms in total. The minimum atomic E-state index is -4.25. The lowest BCUT2D eigenvalue weighted by atomic mass is 9.97. The van der Waals surface area contributed by atoms with Crippen molar-refractivity contribution < 1.29 is 37.0 Å². The van der Waals surface area contributed by atoms with Crippen molar-refractivity contribution in [2.24, 2.45) is 5.92 Å². The molecule has 278 valence electrons. The van der Waals surface area contributed by atoms with Crippen molar-refractivity contribution in [1.29, 1.82) is 0 Å². The average Bonchev–Trinajstić information content (AvgIpc) is 3.78. The van der Waals surface area contributed by atoms with Gasteiger partial charge in [-0.25, -0.2) is 9.59 Å². The third-order valence-corrected chi connectivity index (χ3v) is 8.80. The number of hydrogen-bond donors (Lipinski definition) is 1. The third-order valence-electron chi connectivity index (χ3n) is 8.80. The first kappa shape index (κ1) is 40.7. The van der Waals surface area contributed by atoms with Crippen molar-refractivity contribution in [3.8, 4) is 5.75 Å². The normalized spacial score (nSPS) is 17.0. The van der Waals surface area contributed by atoms with Gasteiger partial charge in [0.2, 0.25) is 0 Å². The van der Waals surface area contributed by atoms with Gasteiger partial charge in [0.1, 0.15) is 11.4 Å². The summed E-state index contributed by atoms with van der Waals surface area (Å²) in [6.45, 7) is 13.7. The summed E-state index contributed by atoms with van der Waals surface area (Å²) < 4.78 is 57.8. The minimum Gasteiger partial charge on any atom is -0.496 e. The van der Waals surface area contributed by atoms with Gasteiger partial charge in [0.15, 0.2) is 0 Å². The number of rotatable bonds is 10. The number of aryl methyl sites for hydroxylation is 1. The lowest BCUT2D eigenvalue weighted by molar-refractivity contribution is -0.139. The Balaban J connectivity index is 0.00000221. The zero-order valence-electron chi connectivity index (χ0n) is 30.0. The number of halogens is 3. The van der Waals surface area contributed by atoms with Gasteiger partial charge in [-0.15, -0.1) is 0 Å². The molecule has 1 aliphatic heterocycles. The highest BCUT2D eigenvalue weighted by atomic mass is 19.4. The Morgan fingerprint density at radius 1 is 1.02 bits per heavy atom. The van der Waals surface area contributed by atoms with Crippen LogP contribution < -0.4 is 10.1 Å². The van der Waals surface area contributed by atoms with Gasteiger partial charge in [-0.3, -0.25) is 14.4 Å². The molecule has 1 atom stereocenters. The number of benzene rings is 2. The van der Waals surface area contributed by atoms with Crippen molar-refractivity contribution in [2.45, 2.75) is 92.6 Å². The number of aromatic nitrogens is 1. The van der Waals surface area contributed by atoms with E-state index in [4.69, 9.17) is 14.2 Å². The van der Waals surface area contributed by atoms with E-state index in [1.54, 1.807) is 19.4 Å². The Morgan fingerprint density at radius 3 is 2.32 bits per heavy atom. The molecule has 1 aromatic heterocycles. The Kier molecular flexibility index (Phi) is 13.8. The summed E-state index contributed by atoms with van der Waals surface area (Å²) in [6, 6.07) is 9.01. The molecule has 1 saturated heterocycles. The molecule has 2 heterocycles. The summed E-state index contributed by atoms with van der Waals surface area (Å²) in [5, 5.41) is 4.25. The molecule has 0 amide bonds. The molecule has 50 heavy (non-hydrogen) atoms. The summed E-state index contributed by atoms with van der Waals surface area (Å²) in [5.41, 5.74) is 3.69. The molecule has 3 aromatic rings. The van der Waals surface area contributed by atoms with Crippen LogP contribution in [0.5, 0.6) is 5.75 Å². The van der Waals surface area contributed by atoms with Crippen LogP contribution in [-0.2, 0) is 16.0 Å². The van der Waals surface area contributed by atoms with Crippen LogP contribution >= 0.6 is 0 Å². The van der Waals surface area contributed by atoms with Gasteiger partial charge in [-0.1, -0.05) is 27.3 Å². The fraction of sp³-hybridized carbons (Fsp3) is 0.579. The highest BCUT2D eigenvalue weighted by molar-refractivity contribution is 5.96. The summed E-state index contributed by atoms with van der Waals surface area (Å²) in [7, 11) is 2.94. The number of piperazine rings is 1. The molecule has 2 aromatic carbocycles. The van der Waals surface area contributed by atoms with Crippen LogP contribution in [0.3, 0.4) is 0 Å². The van der Waals surface area contributed by atoms with Gasteiger partial charge < -0.3 is 19.5 Å². The zero-order chi connectivity index (χ0) is 36.1. The van der Waals surface area contributed by atoms with Crippen molar-refractivity contribution in [1.82, 2.24) is 14.4 Å². The van der Waals surface area contributed by atoms with Gasteiger partial charge in [0.25, 0.3) is 0 Å². The number of methoxy groups -OCH3 is 2. The largest absolute Gasteiger partial charge is 0.496 e. The predicted octanol–water partition coefficient (Wildman–Crippen LogP) is 8.82. The van der Waals surface area contributed by atoms with Crippen molar-refractivity contribution in [2.75, 3.05) is 52.3 Å². The summed E-state index contributed by atoms with van der Waals surface area (Å²) in [5.74, 6) is 0.754. The average molecular weight is 705 g/mol. The number of carbonyl (C=O) groups is 2. The molecule has 1 unspecified atom stereocenters. The molecule has 0 radical (unpaired) electrons. The standard InChI is InChI=1S/C35H45F3N4O5.C2H6.CH4/c1-22-17-30(45-5)27(25-11-13-42(31(22)25)33(44)47-34(2,3)4)20-41-16-15-40(14-12-35(36,37)38)21-29(41)24-9-10-26(32(43)46-6)28(18-24)39-19-23-7-8-23;1-2;/h9-11,13,17-18,23,29,39H,7-8,12,14-16,19-21H2,1-6H3;1-2H3;1H4. The number of fused-ring (bicyclic) bond motifs is 1. The van der Waals surface area contributed by atoms with E-state index in [1.807, 2.05) is 70.7 Å². The smallest absolute Gasteiger partial charge is 0.419 e. The second-order valence-electron chi connectivity index (χ2n) is 13.6. The minimum absolute atomic E-state index is 0. The van der Waals surface area contributed by atoms with Gasteiger partial charge >= 0.3 is 18.2 Å². The molecule has 12 heteroatoms. The molecule has 1 aliphatic carbocycles. The first-order chi connectivity index (χ1) is 23.2. The van der Waals surface area contributed by atoms with E-state index in [0.717, 1.165) is 41.5 Å². The molecule has 2 fully saturated rings. The molecular weight excluding hydrogens is 649 g/mol. The van der Waals surface area contributed by atoms with Gasteiger partial charge in [-0.05, 0) is 81.8 Å². The van der Waals surface area contributed by atoms with Crippen LogP contribution in [0.15, 0.2) is 36.5 Å². The second-order valence-corrected chi connectivity index (χ2v) is 13.6. The van der Waals surface area contributed by atoms with Crippen LogP contribution in [0.4, 0.5) is 23.7 Å². The van der Waals surface area contributed by atoms with Gasteiger partial charge in [0, 0.05) is 68.1 Å². The fourth-order valence-corrected chi connectivity index (χ4v) is 6.22. The van der Waals surface area contributed by atoms with E-state index in [-0.39, 0.29) is 20.0 Å². The van der Waals surface area contributed by atoms with Crippen LogP contribution in [0, 0.1) is 12.8 Å². The number of ether oxygens (including phenoxy) is 3. The van der Waals surface area contributed by atoms with E-state index in [9.17, 15) is 22.8 Å². The number of hydrogen-bond acceptors (Lipinski definition) is 8. The number of nitrogens with one attached hydrogen (secondary N) is 1. The Morgan fingerprint density at radius 2 is 1.72 bits per heavy atom. The predicted molar refractivity (Wildman–Crippen MR) is 192 cm³/mol. The summed E-state index contributed by atoms with van der Waals surface area (Å²) >= 11 is 0. The summed E-state index contributed by atoms with van der Waals surface area (Å²) in [4.78, 5) is 29.9. The SMILES string of the molecule is C.CC.COC(=O)c1ccc(C2CN(CCC(F)(F)F)CCN2Cc2c(OC)cc(C)c3c2ccn3C(=O)OC(C)(C)C)cc1NCC1CC1. The Hall–Kier alpha value is -3.77. The molecule has 0 bridgehead atoms. The van der Waals surface area contributed by atoms with Crippen LogP contribution in [0.25, 0.3) is 10.9 Å². The van der Waals surface area contributed by atoms with Crippen molar-refractivity contribution in [3.63, 3.8) is 0 Å². The Labute approximate surface area is 295 Å². The van der Waals surface area contributed by atoms with Crippen molar-refractivity contribution >= 4 is 28.7 Å². The molecule has 0 spiro atoms. The van der Waals surface area contributed by atoms with E-state index >= 15 is 0 Å². The Bertz CT molecular complexity index is 1610. The third kappa shape index (κ3) is 10.2. The topological polar surface area (TPSA) is 85.3 Å². The van der Waals surface area contributed by atoms with Crippen LogP contribution in [-0.4, -0.2) is 85.2 Å². The number of nitrogens with zero attached hydrogens (tertiary/aromatic N) is 3. The zero-order valence-corrected chi connectivity index (χ0v) is 30.0. The lowest BCUT2D eigenvalue weighted by Gasteiger charge is -2.42. The van der Waals surface area contributed by atoms with Gasteiger partial charge in [0.05, 0.1) is 31.7 Å². The van der Waals surface area contributed by atoms with Gasteiger partial charge in [-0.2, -0.15) is 13.2 Å². The van der Waals surface area contributed by atoms with E-state index in [0.29, 0.717) is 54.6 Å². The molecule has 2 aliphatic rings. The van der Waals surface area contributed by atoms with Crippen molar-refractivity contribution in [3.05, 3.63) is 58.8 Å². The number of esters is 1. The summed E-state index contributed by atoms with van der Waals surface area (Å²) in [6.07, 6.45) is -1.66. The molecule has 1 N–H and O–H groups in total. The molecule has 5 rings (SSSR count). The quantitative estimate of drug-likeness (QED) is 0.210.